The van der Waals surface area contributed by atoms with E-state index in [1.165, 1.54) is 0 Å². The molecule has 3 rings (SSSR count). The number of hydrogen-bond acceptors (Lipinski definition) is 5. The maximum atomic E-state index is 13.2. The van der Waals surface area contributed by atoms with E-state index in [2.05, 4.69) is 23.4 Å². The van der Waals surface area contributed by atoms with E-state index in [9.17, 15) is 4.79 Å². The molecule has 0 bridgehead atoms. The van der Waals surface area contributed by atoms with Crippen LogP contribution in [-0.2, 0) is 14.9 Å². The Labute approximate surface area is 160 Å². The summed E-state index contributed by atoms with van der Waals surface area (Å²) in [6.45, 7) is 9.79. The van der Waals surface area contributed by atoms with Gasteiger partial charge < -0.3 is 4.74 Å². The summed E-state index contributed by atoms with van der Waals surface area (Å²) in [5, 5.41) is 0. The van der Waals surface area contributed by atoms with Gasteiger partial charge in [0.25, 0.3) is 0 Å². The summed E-state index contributed by atoms with van der Waals surface area (Å²) in [5.41, 5.74) is 6.65. The number of benzene rings is 1. The van der Waals surface area contributed by atoms with E-state index in [4.69, 9.17) is 10.6 Å². The highest BCUT2D eigenvalue weighted by Crippen LogP contribution is 2.46. The van der Waals surface area contributed by atoms with E-state index in [0.717, 1.165) is 34.6 Å². The molecule has 0 aliphatic carbocycles. The van der Waals surface area contributed by atoms with Gasteiger partial charge in [0.2, 0.25) is 5.91 Å². The molecule has 0 fully saturated rings. The first-order chi connectivity index (χ1) is 12.8. The first kappa shape index (κ1) is 19.5. The molecule has 0 spiro atoms. The minimum atomic E-state index is -0.590. The van der Waals surface area contributed by atoms with Gasteiger partial charge in [-0.3, -0.25) is 20.5 Å². The van der Waals surface area contributed by atoms with Crippen molar-refractivity contribution in [3.8, 4) is 0 Å². The van der Waals surface area contributed by atoms with Crippen molar-refractivity contribution < 1.29 is 9.53 Å². The van der Waals surface area contributed by atoms with Crippen LogP contribution < -0.4 is 16.2 Å². The summed E-state index contributed by atoms with van der Waals surface area (Å²) in [5.74, 6) is 5.52. The third-order valence-electron chi connectivity index (χ3n) is 5.17. The average molecular weight is 368 g/mol. The van der Waals surface area contributed by atoms with Crippen molar-refractivity contribution >= 4 is 17.3 Å². The third-order valence-corrected chi connectivity index (χ3v) is 5.17. The van der Waals surface area contributed by atoms with Gasteiger partial charge in [0.05, 0.1) is 29.1 Å². The molecule has 0 saturated carbocycles. The fourth-order valence-corrected chi connectivity index (χ4v) is 3.51. The number of pyridine rings is 1. The molecular formula is C21H28N4O2. The second-order valence-electron chi connectivity index (χ2n) is 7.54. The van der Waals surface area contributed by atoms with E-state index < -0.39 is 5.41 Å². The number of nitrogens with one attached hydrogen (secondary N) is 1. The van der Waals surface area contributed by atoms with Gasteiger partial charge in [0.1, 0.15) is 6.23 Å². The standard InChI is InChI=1S/C21H28N4O2/c1-6-19(27-14(3)24-22)15-8-10-17-18(11-15)25(20(26)21(17,4)5)16-9-7-13(2)23-12-16/h7-12,14,19,24H,6,22H2,1-5H3. The fraction of sp³-hybridized carbons (Fsp3) is 0.429. The molecule has 0 radical (unpaired) electrons. The molecule has 2 aromatic rings. The van der Waals surface area contributed by atoms with Crippen LogP contribution in [0.1, 0.15) is 57.0 Å². The minimum Gasteiger partial charge on any atom is -0.355 e. The molecule has 2 unspecified atom stereocenters. The molecule has 2 heterocycles. The summed E-state index contributed by atoms with van der Waals surface area (Å²) in [4.78, 5) is 19.3. The summed E-state index contributed by atoms with van der Waals surface area (Å²) in [6, 6.07) is 9.99. The van der Waals surface area contributed by atoms with Gasteiger partial charge in [-0.05, 0) is 63.4 Å². The van der Waals surface area contributed by atoms with E-state index in [-0.39, 0.29) is 18.2 Å². The molecule has 1 aliphatic heterocycles. The van der Waals surface area contributed by atoms with Gasteiger partial charge in [0.15, 0.2) is 0 Å². The Hall–Kier alpha value is -2.28. The Morgan fingerprint density at radius 2 is 2.04 bits per heavy atom. The highest BCUT2D eigenvalue weighted by Gasteiger charge is 2.44. The number of hydrazine groups is 1. The second kappa shape index (κ2) is 7.38. The highest BCUT2D eigenvalue weighted by molar-refractivity contribution is 6.12. The smallest absolute Gasteiger partial charge is 0.241 e. The topological polar surface area (TPSA) is 80.5 Å². The van der Waals surface area contributed by atoms with Crippen LogP contribution in [0.2, 0.25) is 0 Å². The number of aryl methyl sites for hydroxylation is 1. The van der Waals surface area contributed by atoms with Gasteiger partial charge >= 0.3 is 0 Å². The summed E-state index contributed by atoms with van der Waals surface area (Å²) in [6.07, 6.45) is 2.17. The number of fused-ring (bicyclic) bond motifs is 1. The summed E-state index contributed by atoms with van der Waals surface area (Å²) in [7, 11) is 0. The number of anilines is 2. The third kappa shape index (κ3) is 3.48. The zero-order valence-electron chi connectivity index (χ0n) is 16.6. The van der Waals surface area contributed by atoms with E-state index in [1.54, 1.807) is 11.1 Å². The van der Waals surface area contributed by atoms with Gasteiger partial charge in [-0.1, -0.05) is 19.1 Å². The van der Waals surface area contributed by atoms with Crippen LogP contribution in [0.25, 0.3) is 0 Å². The molecule has 3 N–H and O–H groups in total. The maximum absolute atomic E-state index is 13.2. The fourth-order valence-electron chi connectivity index (χ4n) is 3.51. The summed E-state index contributed by atoms with van der Waals surface area (Å²) >= 11 is 0. The SMILES string of the molecule is CCC(OC(C)NN)c1ccc2c(c1)N(c1ccc(C)nc1)C(=O)C2(C)C. The monoisotopic (exact) mass is 368 g/mol. The predicted octanol–water partition coefficient (Wildman–Crippen LogP) is 3.62. The van der Waals surface area contributed by atoms with Crippen molar-refractivity contribution in [3.05, 3.63) is 53.3 Å². The van der Waals surface area contributed by atoms with Crippen LogP contribution in [0, 0.1) is 6.92 Å². The largest absolute Gasteiger partial charge is 0.355 e. The van der Waals surface area contributed by atoms with Gasteiger partial charge in [-0.2, -0.15) is 0 Å². The van der Waals surface area contributed by atoms with Gasteiger partial charge in [-0.25, -0.2) is 5.43 Å². The number of nitrogens with two attached hydrogens (primary N) is 1. The van der Waals surface area contributed by atoms with Crippen molar-refractivity contribution in [2.75, 3.05) is 4.90 Å². The normalized spacial score (nSPS) is 17.7. The average Bonchev–Trinajstić information content (AvgIpc) is 2.86. The Kier molecular flexibility index (Phi) is 5.33. The molecule has 0 saturated heterocycles. The first-order valence-electron chi connectivity index (χ1n) is 9.32. The lowest BCUT2D eigenvalue weighted by atomic mass is 9.85. The highest BCUT2D eigenvalue weighted by atomic mass is 16.5. The Balaban J connectivity index is 2.06. The molecule has 1 aliphatic rings. The quantitative estimate of drug-likeness (QED) is 0.462. The van der Waals surface area contributed by atoms with Crippen LogP contribution in [-0.4, -0.2) is 17.1 Å². The van der Waals surface area contributed by atoms with Crippen molar-refractivity contribution in [2.45, 2.75) is 58.8 Å². The molecule has 1 aromatic carbocycles. The number of ether oxygens (including phenoxy) is 1. The zero-order chi connectivity index (χ0) is 19.8. The number of carbonyl (C=O) groups excluding carboxylic acids is 1. The lowest BCUT2D eigenvalue weighted by molar-refractivity contribution is -0.121. The number of carbonyl (C=O) groups is 1. The van der Waals surface area contributed by atoms with Gasteiger partial charge in [-0.15, -0.1) is 0 Å². The Morgan fingerprint density at radius 3 is 2.63 bits per heavy atom. The van der Waals surface area contributed by atoms with Crippen LogP contribution in [0.5, 0.6) is 0 Å². The van der Waals surface area contributed by atoms with E-state index in [1.807, 2.05) is 52.0 Å². The van der Waals surface area contributed by atoms with Crippen molar-refractivity contribution in [2.24, 2.45) is 5.84 Å². The molecule has 1 aromatic heterocycles. The molecule has 6 nitrogen and oxygen atoms in total. The van der Waals surface area contributed by atoms with Crippen LogP contribution in [0.3, 0.4) is 0 Å². The number of amides is 1. The number of aromatic nitrogens is 1. The Morgan fingerprint density at radius 1 is 1.30 bits per heavy atom. The van der Waals surface area contributed by atoms with Crippen LogP contribution in [0.15, 0.2) is 36.5 Å². The predicted molar refractivity (Wildman–Crippen MR) is 106 cm³/mol. The first-order valence-corrected chi connectivity index (χ1v) is 9.32. The Bertz CT molecular complexity index is 833. The number of rotatable bonds is 6. The molecule has 6 heteroatoms. The maximum Gasteiger partial charge on any atom is 0.241 e. The second-order valence-corrected chi connectivity index (χ2v) is 7.54. The summed E-state index contributed by atoms with van der Waals surface area (Å²) < 4.78 is 5.98. The molecular weight excluding hydrogens is 340 g/mol. The molecule has 1 amide bonds. The zero-order valence-corrected chi connectivity index (χ0v) is 16.6. The number of hydrogen-bond donors (Lipinski definition) is 2. The van der Waals surface area contributed by atoms with E-state index in [0.29, 0.717) is 0 Å². The molecule has 27 heavy (non-hydrogen) atoms. The molecule has 2 atom stereocenters. The number of nitrogens with zero attached hydrogens (tertiary/aromatic N) is 2. The lowest BCUT2D eigenvalue weighted by Crippen LogP contribution is -2.35. The lowest BCUT2D eigenvalue weighted by Gasteiger charge is -2.23. The van der Waals surface area contributed by atoms with E-state index >= 15 is 0 Å². The van der Waals surface area contributed by atoms with Crippen molar-refractivity contribution in [3.63, 3.8) is 0 Å². The van der Waals surface area contributed by atoms with Crippen LogP contribution >= 0.6 is 0 Å². The van der Waals surface area contributed by atoms with Crippen molar-refractivity contribution in [1.29, 1.82) is 0 Å². The van der Waals surface area contributed by atoms with Crippen molar-refractivity contribution in [1.82, 2.24) is 10.4 Å². The molecule has 144 valence electrons. The van der Waals surface area contributed by atoms with Crippen LogP contribution in [0.4, 0.5) is 11.4 Å². The minimum absolute atomic E-state index is 0.0475. The van der Waals surface area contributed by atoms with Gasteiger partial charge in [0, 0.05) is 5.69 Å².